The third kappa shape index (κ3) is 9.30. The van der Waals surface area contributed by atoms with Gasteiger partial charge in [-0.2, -0.15) is 5.10 Å². The average molecular weight is 773 g/mol. The number of rotatable bonds is 13. The number of ether oxygens (including phenoxy) is 2. The predicted octanol–water partition coefficient (Wildman–Crippen LogP) is 5.08. The van der Waals surface area contributed by atoms with Gasteiger partial charge >= 0.3 is 11.9 Å². The van der Waals surface area contributed by atoms with E-state index in [0.29, 0.717) is 22.1 Å². The fraction of sp³-hybridized carbons (Fsp3) is 0.297. The van der Waals surface area contributed by atoms with Crippen molar-refractivity contribution in [3.8, 4) is 0 Å². The van der Waals surface area contributed by atoms with E-state index in [4.69, 9.17) is 14.3 Å². The van der Waals surface area contributed by atoms with Gasteiger partial charge in [0.05, 0.1) is 11.2 Å². The van der Waals surface area contributed by atoms with Crippen LogP contribution in [0.25, 0.3) is 0 Å². The number of oxime groups is 1. The van der Waals surface area contributed by atoms with Crippen LogP contribution in [0.3, 0.4) is 0 Å². The van der Waals surface area contributed by atoms with Crippen LogP contribution in [0, 0.1) is 6.92 Å². The van der Waals surface area contributed by atoms with Gasteiger partial charge in [-0.15, -0.1) is 40.0 Å². The molecule has 1 fully saturated rings. The summed E-state index contributed by atoms with van der Waals surface area (Å²) in [6, 6.07) is 21.5. The first kappa shape index (κ1) is 37.7. The number of benzene rings is 2. The summed E-state index contributed by atoms with van der Waals surface area (Å²) in [6.45, 7) is 6.47. The Kier molecular flexibility index (Phi) is 11.9. The highest BCUT2D eigenvalue weighted by molar-refractivity contribution is 8.01. The maximum Gasteiger partial charge on any atom is 0.356 e. The molecule has 4 aromatic rings. The quantitative estimate of drug-likeness (QED) is 0.0632. The van der Waals surface area contributed by atoms with Gasteiger partial charge in [0.1, 0.15) is 33.4 Å². The Balaban J connectivity index is 1.24. The van der Waals surface area contributed by atoms with Crippen LogP contribution >= 0.6 is 34.9 Å². The summed E-state index contributed by atoms with van der Waals surface area (Å²) in [4.78, 5) is 64.8. The Morgan fingerprint density at radius 2 is 1.72 bits per heavy atom. The predicted molar refractivity (Wildman–Crippen MR) is 201 cm³/mol. The molecule has 2 aliphatic heterocycles. The van der Waals surface area contributed by atoms with Crippen LogP contribution in [-0.2, 0) is 33.5 Å². The number of amides is 2. The Morgan fingerprint density at radius 3 is 2.32 bits per heavy atom. The number of thiazole rings is 1. The van der Waals surface area contributed by atoms with Gasteiger partial charge in [-0.3, -0.25) is 14.5 Å². The summed E-state index contributed by atoms with van der Waals surface area (Å²) in [7, 11) is 0. The number of nitrogens with one attached hydrogen (secondary N) is 1. The number of carbonyl (C=O) groups excluding carboxylic acids is 4. The minimum Gasteiger partial charge on any atom is -0.457 e. The number of thioether (sulfide) groups is 2. The molecule has 0 aliphatic carbocycles. The van der Waals surface area contributed by atoms with E-state index < -0.39 is 53.5 Å². The van der Waals surface area contributed by atoms with E-state index in [-0.39, 0.29) is 17.1 Å². The molecule has 274 valence electrons. The summed E-state index contributed by atoms with van der Waals surface area (Å²) in [5, 5.41) is 16.7. The Morgan fingerprint density at radius 1 is 1.02 bits per heavy atom. The molecule has 1 saturated heterocycles. The molecule has 1 N–H and O–H groups in total. The lowest BCUT2D eigenvalue weighted by atomic mass is 10.0. The maximum absolute atomic E-state index is 14.3. The normalized spacial score (nSPS) is 17.2. The van der Waals surface area contributed by atoms with E-state index in [2.05, 4.69) is 25.7 Å². The second kappa shape index (κ2) is 16.7. The number of aromatic nitrogens is 3. The van der Waals surface area contributed by atoms with Crippen molar-refractivity contribution in [1.82, 2.24) is 25.4 Å². The summed E-state index contributed by atoms with van der Waals surface area (Å²) >= 11 is 4.04. The molecule has 2 aromatic carbocycles. The first-order valence-corrected chi connectivity index (χ1v) is 19.5. The molecule has 1 unspecified atom stereocenters. The highest BCUT2D eigenvalue weighted by Crippen LogP contribution is 2.43. The minimum atomic E-state index is -0.999. The molecule has 13 nitrogen and oxygen atoms in total. The van der Waals surface area contributed by atoms with Gasteiger partial charge in [0, 0.05) is 16.9 Å². The zero-order valence-corrected chi connectivity index (χ0v) is 31.7. The number of hydrogen-bond donors (Lipinski definition) is 1. The van der Waals surface area contributed by atoms with Crippen molar-refractivity contribution >= 4 is 64.3 Å². The minimum absolute atomic E-state index is 0.128. The van der Waals surface area contributed by atoms with Gasteiger partial charge in [-0.25, -0.2) is 14.6 Å². The Hall–Kier alpha value is -5.06. The zero-order chi connectivity index (χ0) is 37.5. The van der Waals surface area contributed by atoms with Gasteiger partial charge in [-0.05, 0) is 56.5 Å². The second-order valence-corrected chi connectivity index (χ2v) is 15.7. The summed E-state index contributed by atoms with van der Waals surface area (Å²) in [6.07, 6.45) is -0.744. The highest BCUT2D eigenvalue weighted by atomic mass is 32.2. The van der Waals surface area contributed by atoms with Crippen molar-refractivity contribution in [3.63, 3.8) is 0 Å². The molecule has 2 aromatic heterocycles. The molecule has 16 heteroatoms. The molecule has 4 heterocycles. The lowest BCUT2D eigenvalue weighted by molar-refractivity contribution is -0.160. The topological polar surface area (TPSA) is 162 Å². The van der Waals surface area contributed by atoms with Crippen molar-refractivity contribution in [2.24, 2.45) is 5.16 Å². The first-order chi connectivity index (χ1) is 25.5. The Bertz CT molecular complexity index is 1960. The van der Waals surface area contributed by atoms with Crippen LogP contribution in [0.5, 0.6) is 0 Å². The molecule has 2 atom stereocenters. The van der Waals surface area contributed by atoms with Crippen molar-refractivity contribution in [2.75, 3.05) is 18.1 Å². The molecule has 0 saturated carbocycles. The van der Waals surface area contributed by atoms with Crippen molar-refractivity contribution in [1.29, 1.82) is 0 Å². The Labute approximate surface area is 318 Å². The molecule has 0 spiro atoms. The first-order valence-electron chi connectivity index (χ1n) is 16.5. The molecule has 0 radical (unpaired) electrons. The fourth-order valence-electron chi connectivity index (χ4n) is 5.42. The zero-order valence-electron chi connectivity index (χ0n) is 29.3. The van der Waals surface area contributed by atoms with Crippen LogP contribution in [0.2, 0.25) is 0 Å². The van der Waals surface area contributed by atoms with Gasteiger partial charge in [0.2, 0.25) is 6.61 Å². The number of fused-ring (bicyclic) bond motifs is 1. The number of β-lactam (4-membered cyclic amide) rings is 1. The molecule has 53 heavy (non-hydrogen) atoms. The lowest BCUT2D eigenvalue weighted by Gasteiger charge is -2.49. The van der Waals surface area contributed by atoms with Crippen molar-refractivity contribution < 1.29 is 33.5 Å². The average Bonchev–Trinajstić information content (AvgIpc) is 3.68. The molecule has 6 rings (SSSR count). The number of hydrogen-bond acceptors (Lipinski definition) is 14. The lowest BCUT2D eigenvalue weighted by Crippen LogP contribution is -2.71. The van der Waals surface area contributed by atoms with Gasteiger partial charge < -0.3 is 19.6 Å². The standard InChI is InChI=1S/C37H36N6O7S3/c1-22-15-16-27(41-40-22)52-18-25-19-53-35-30(39-33(45)29(26-20-51-21-38-26)42-48-17-28(44)50-37(2,3)4)34(46)43(35)31(25)36(47)49-32(23-11-7-5-8-12-23)24-13-9-6-10-14-24/h5-16,20-21,30,32,35H,17-19H2,1-4H3,(H,39,45)/b42-29-/t30?,35-/m1/s1. The van der Waals surface area contributed by atoms with Crippen molar-refractivity contribution in [3.05, 3.63) is 117 Å². The second-order valence-electron chi connectivity index (χ2n) is 12.9. The van der Waals surface area contributed by atoms with E-state index >= 15 is 0 Å². The molecular weight excluding hydrogens is 737 g/mol. The van der Waals surface area contributed by atoms with E-state index in [1.165, 1.54) is 45.3 Å². The largest absolute Gasteiger partial charge is 0.457 e. The van der Waals surface area contributed by atoms with Gasteiger partial charge in [-0.1, -0.05) is 65.8 Å². The molecule has 0 bridgehead atoms. The van der Waals surface area contributed by atoms with E-state index in [0.717, 1.165) is 16.8 Å². The van der Waals surface area contributed by atoms with Crippen molar-refractivity contribution in [2.45, 2.75) is 55.8 Å². The molecular formula is C37H36N6O7S3. The molecule has 2 aliphatic rings. The third-order valence-corrected chi connectivity index (χ3v) is 10.7. The highest BCUT2D eigenvalue weighted by Gasteiger charge is 2.55. The summed E-state index contributed by atoms with van der Waals surface area (Å²) < 4.78 is 11.5. The number of esters is 2. The SMILES string of the molecule is Cc1ccc(SCC2=C(C(=O)OC(c3ccccc3)c3ccccc3)N3C(=O)C(NC(=O)/C(=N\OCC(=O)OC(C)(C)C)c4cscn4)[C@H]3SC2)nn1. The van der Waals surface area contributed by atoms with E-state index in [9.17, 15) is 19.2 Å². The summed E-state index contributed by atoms with van der Waals surface area (Å²) in [5.74, 6) is -1.84. The van der Waals surface area contributed by atoms with E-state index in [1.54, 1.807) is 26.2 Å². The maximum atomic E-state index is 14.3. The summed E-state index contributed by atoms with van der Waals surface area (Å²) in [5.41, 5.74) is 3.88. The van der Waals surface area contributed by atoms with E-state index in [1.807, 2.05) is 79.7 Å². The molecule has 2 amide bonds. The van der Waals surface area contributed by atoms with Crippen LogP contribution in [0.15, 0.2) is 105 Å². The van der Waals surface area contributed by atoms with Crippen LogP contribution < -0.4 is 5.32 Å². The van der Waals surface area contributed by atoms with Gasteiger partial charge in [0.15, 0.2) is 11.8 Å². The van der Waals surface area contributed by atoms with Gasteiger partial charge in [0.25, 0.3) is 11.8 Å². The number of nitrogens with zero attached hydrogens (tertiary/aromatic N) is 5. The third-order valence-electron chi connectivity index (χ3n) is 7.77. The number of aryl methyl sites for hydroxylation is 1. The number of carbonyl (C=O) groups is 4. The van der Waals surface area contributed by atoms with Crippen LogP contribution in [-0.4, -0.2) is 84.7 Å². The van der Waals surface area contributed by atoms with Crippen LogP contribution in [0.1, 0.15) is 49.4 Å². The van der Waals surface area contributed by atoms with Crippen LogP contribution in [0.4, 0.5) is 0 Å². The monoisotopic (exact) mass is 772 g/mol. The fourth-order valence-corrected chi connectivity index (χ4v) is 8.25. The smallest absolute Gasteiger partial charge is 0.356 e.